The van der Waals surface area contributed by atoms with Crippen molar-refractivity contribution < 1.29 is 4.79 Å². The summed E-state index contributed by atoms with van der Waals surface area (Å²) in [6, 6.07) is 13.6. The Balaban J connectivity index is 2.18. The van der Waals surface area contributed by atoms with Crippen molar-refractivity contribution >= 4 is 27.5 Å². The third-order valence-electron chi connectivity index (χ3n) is 2.99. The first-order valence-electron chi connectivity index (χ1n) is 6.26. The summed E-state index contributed by atoms with van der Waals surface area (Å²) in [4.78, 5) is 12.1. The molecule has 2 nitrogen and oxygen atoms in total. The molecule has 0 saturated heterocycles. The number of nitrogens with one attached hydrogen (secondary N) is 1. The second-order valence-electron chi connectivity index (χ2n) is 4.49. The van der Waals surface area contributed by atoms with E-state index >= 15 is 0 Å². The van der Waals surface area contributed by atoms with Crippen LogP contribution in [0.4, 0.5) is 5.69 Å². The summed E-state index contributed by atoms with van der Waals surface area (Å²) in [6.07, 6.45) is 0.978. The van der Waals surface area contributed by atoms with E-state index in [0.717, 1.165) is 22.1 Å². The van der Waals surface area contributed by atoms with Crippen LogP contribution in [0.15, 0.2) is 46.9 Å². The largest absolute Gasteiger partial charge is 0.321 e. The number of carbonyl (C=O) groups excluding carboxylic acids is 1. The summed E-state index contributed by atoms with van der Waals surface area (Å²) in [7, 11) is 0. The maximum Gasteiger partial charge on any atom is 0.255 e. The molecule has 0 aliphatic rings. The van der Waals surface area contributed by atoms with Crippen LogP contribution >= 0.6 is 15.9 Å². The van der Waals surface area contributed by atoms with E-state index in [1.807, 2.05) is 49.4 Å². The van der Waals surface area contributed by atoms with Gasteiger partial charge in [0, 0.05) is 10.0 Å². The predicted octanol–water partition coefficient (Wildman–Crippen LogP) is 4.57. The quantitative estimate of drug-likeness (QED) is 0.882. The minimum atomic E-state index is -0.0889. The van der Waals surface area contributed by atoms with E-state index in [0.29, 0.717) is 5.56 Å². The monoisotopic (exact) mass is 317 g/mol. The molecule has 19 heavy (non-hydrogen) atoms. The molecule has 2 aromatic carbocycles. The molecule has 0 unspecified atom stereocenters. The van der Waals surface area contributed by atoms with Crippen molar-refractivity contribution in [2.24, 2.45) is 0 Å². The zero-order valence-electron chi connectivity index (χ0n) is 11.0. The van der Waals surface area contributed by atoms with Crippen LogP contribution in [0.5, 0.6) is 0 Å². The smallest absolute Gasteiger partial charge is 0.255 e. The van der Waals surface area contributed by atoms with Crippen molar-refractivity contribution in [2.45, 2.75) is 20.3 Å². The van der Waals surface area contributed by atoms with E-state index in [-0.39, 0.29) is 5.91 Å². The molecule has 98 valence electrons. The second kappa shape index (κ2) is 6.02. The van der Waals surface area contributed by atoms with Gasteiger partial charge in [0.05, 0.1) is 5.69 Å². The first-order chi connectivity index (χ1) is 9.10. The molecule has 2 rings (SSSR count). The van der Waals surface area contributed by atoms with Gasteiger partial charge in [-0.15, -0.1) is 0 Å². The SMILES string of the molecule is CCc1ccc(C(=O)Nc2cc(C)ccc2Br)cc1. The molecule has 0 bridgehead atoms. The molecule has 0 fully saturated rings. The van der Waals surface area contributed by atoms with Crippen molar-refractivity contribution in [3.05, 3.63) is 63.6 Å². The standard InChI is InChI=1S/C16H16BrNO/c1-3-12-5-7-13(8-6-12)16(19)18-15-10-11(2)4-9-14(15)17/h4-10H,3H2,1-2H3,(H,18,19). The van der Waals surface area contributed by atoms with E-state index in [2.05, 4.69) is 28.2 Å². The van der Waals surface area contributed by atoms with Crippen molar-refractivity contribution in [2.75, 3.05) is 5.32 Å². The summed E-state index contributed by atoms with van der Waals surface area (Å²) >= 11 is 3.44. The van der Waals surface area contributed by atoms with Crippen molar-refractivity contribution in [1.29, 1.82) is 0 Å². The summed E-state index contributed by atoms with van der Waals surface area (Å²) in [5, 5.41) is 2.92. The zero-order chi connectivity index (χ0) is 13.8. The first kappa shape index (κ1) is 13.8. The summed E-state index contributed by atoms with van der Waals surface area (Å²) < 4.78 is 0.886. The Hall–Kier alpha value is -1.61. The molecule has 1 N–H and O–H groups in total. The van der Waals surface area contributed by atoms with E-state index in [1.165, 1.54) is 5.56 Å². The number of anilines is 1. The fourth-order valence-corrected chi connectivity index (χ4v) is 2.17. The highest BCUT2D eigenvalue weighted by molar-refractivity contribution is 9.10. The lowest BCUT2D eigenvalue weighted by atomic mass is 10.1. The Labute approximate surface area is 122 Å². The van der Waals surface area contributed by atoms with Gasteiger partial charge >= 0.3 is 0 Å². The highest BCUT2D eigenvalue weighted by Gasteiger charge is 2.08. The molecule has 0 aromatic heterocycles. The maximum absolute atomic E-state index is 12.1. The number of hydrogen-bond donors (Lipinski definition) is 1. The van der Waals surface area contributed by atoms with E-state index in [9.17, 15) is 4.79 Å². The van der Waals surface area contributed by atoms with Crippen LogP contribution in [0.2, 0.25) is 0 Å². The molecule has 3 heteroatoms. The fraction of sp³-hybridized carbons (Fsp3) is 0.188. The number of halogens is 1. The Bertz CT molecular complexity index is 590. The Morgan fingerprint density at radius 3 is 2.47 bits per heavy atom. The highest BCUT2D eigenvalue weighted by Crippen LogP contribution is 2.24. The summed E-state index contributed by atoms with van der Waals surface area (Å²) in [6.45, 7) is 4.09. The summed E-state index contributed by atoms with van der Waals surface area (Å²) in [5.74, 6) is -0.0889. The number of rotatable bonds is 3. The van der Waals surface area contributed by atoms with Gasteiger partial charge in [-0.2, -0.15) is 0 Å². The molecule has 0 spiro atoms. The molecule has 0 atom stereocenters. The van der Waals surface area contributed by atoms with Crippen molar-refractivity contribution in [3.63, 3.8) is 0 Å². The Morgan fingerprint density at radius 2 is 1.84 bits per heavy atom. The van der Waals surface area contributed by atoms with Crippen LogP contribution in [0, 0.1) is 6.92 Å². The number of carbonyl (C=O) groups is 1. The molecule has 0 aliphatic heterocycles. The van der Waals surface area contributed by atoms with E-state index < -0.39 is 0 Å². The van der Waals surface area contributed by atoms with Crippen LogP contribution in [0.3, 0.4) is 0 Å². The number of aryl methyl sites for hydroxylation is 2. The van der Waals surface area contributed by atoms with Gasteiger partial charge in [0.15, 0.2) is 0 Å². The average Bonchev–Trinajstić information content (AvgIpc) is 2.43. The normalized spacial score (nSPS) is 10.3. The van der Waals surface area contributed by atoms with Gasteiger partial charge in [0.1, 0.15) is 0 Å². The van der Waals surface area contributed by atoms with Crippen LogP contribution < -0.4 is 5.32 Å². The zero-order valence-corrected chi connectivity index (χ0v) is 12.6. The third-order valence-corrected chi connectivity index (χ3v) is 3.69. The molecule has 1 amide bonds. The van der Waals surface area contributed by atoms with Gasteiger partial charge in [-0.1, -0.05) is 25.1 Å². The number of amides is 1. The molecule has 0 saturated carbocycles. The average molecular weight is 318 g/mol. The van der Waals surface area contributed by atoms with Gasteiger partial charge in [0.25, 0.3) is 5.91 Å². The third kappa shape index (κ3) is 3.44. The highest BCUT2D eigenvalue weighted by atomic mass is 79.9. The predicted molar refractivity (Wildman–Crippen MR) is 82.7 cm³/mol. The maximum atomic E-state index is 12.1. The van der Waals surface area contributed by atoms with E-state index in [1.54, 1.807) is 0 Å². The minimum Gasteiger partial charge on any atom is -0.321 e. The van der Waals surface area contributed by atoms with Gasteiger partial charge in [-0.3, -0.25) is 4.79 Å². The molecule has 0 radical (unpaired) electrons. The summed E-state index contributed by atoms with van der Waals surface area (Å²) in [5.41, 5.74) is 3.81. The van der Waals surface area contributed by atoms with Crippen LogP contribution in [-0.2, 0) is 6.42 Å². The number of hydrogen-bond acceptors (Lipinski definition) is 1. The molecular formula is C16H16BrNO. The lowest BCUT2D eigenvalue weighted by molar-refractivity contribution is 0.102. The molecule has 0 aliphatic carbocycles. The van der Waals surface area contributed by atoms with Crippen molar-refractivity contribution in [3.8, 4) is 0 Å². The Kier molecular flexibility index (Phi) is 4.38. The van der Waals surface area contributed by atoms with Gasteiger partial charge in [-0.05, 0) is 64.7 Å². The van der Waals surface area contributed by atoms with Crippen LogP contribution in [-0.4, -0.2) is 5.91 Å². The van der Waals surface area contributed by atoms with Gasteiger partial charge in [-0.25, -0.2) is 0 Å². The Morgan fingerprint density at radius 1 is 1.16 bits per heavy atom. The fourth-order valence-electron chi connectivity index (χ4n) is 1.82. The van der Waals surface area contributed by atoms with Gasteiger partial charge < -0.3 is 5.32 Å². The van der Waals surface area contributed by atoms with E-state index in [4.69, 9.17) is 0 Å². The number of benzene rings is 2. The molecule has 2 aromatic rings. The van der Waals surface area contributed by atoms with Crippen LogP contribution in [0.25, 0.3) is 0 Å². The molecule has 0 heterocycles. The van der Waals surface area contributed by atoms with Crippen molar-refractivity contribution in [1.82, 2.24) is 0 Å². The minimum absolute atomic E-state index is 0.0889. The topological polar surface area (TPSA) is 29.1 Å². The molecular weight excluding hydrogens is 302 g/mol. The van der Waals surface area contributed by atoms with Gasteiger partial charge in [0.2, 0.25) is 0 Å². The second-order valence-corrected chi connectivity index (χ2v) is 5.34. The first-order valence-corrected chi connectivity index (χ1v) is 7.06. The lowest BCUT2D eigenvalue weighted by Crippen LogP contribution is -2.12. The van der Waals surface area contributed by atoms with Crippen LogP contribution in [0.1, 0.15) is 28.4 Å². The lowest BCUT2D eigenvalue weighted by Gasteiger charge is -2.08.